The molecule has 0 heterocycles. The molecule has 2 nitrogen and oxygen atoms in total. The van der Waals surface area contributed by atoms with Crippen LogP contribution < -0.4 is 5.32 Å². The Labute approximate surface area is 155 Å². The van der Waals surface area contributed by atoms with Crippen LogP contribution in [0.1, 0.15) is 96.8 Å². The van der Waals surface area contributed by atoms with Gasteiger partial charge in [-0.25, -0.2) is 0 Å². The van der Waals surface area contributed by atoms with Crippen molar-refractivity contribution in [2.45, 2.75) is 96.8 Å². The fraction of sp³-hybridized carbons (Fsp3) is 0.857. The molecule has 0 aromatic rings. The van der Waals surface area contributed by atoms with Crippen LogP contribution in [0.15, 0.2) is 12.2 Å². The average Bonchev–Trinajstić information content (AvgIpc) is 2.58. The first-order valence-corrected chi connectivity index (χ1v) is 11.6. The monoisotopic (exact) mass is 355 g/mol. The molecule has 0 saturated heterocycles. The number of carbonyl (C=O) groups is 1. The van der Waals surface area contributed by atoms with Crippen LogP contribution in [0.3, 0.4) is 0 Å². The van der Waals surface area contributed by atoms with Crippen molar-refractivity contribution < 1.29 is 4.79 Å². The molecule has 0 atom stereocenters. The summed E-state index contributed by atoms with van der Waals surface area (Å²) < 4.78 is 0. The van der Waals surface area contributed by atoms with Crippen molar-refractivity contribution in [2.24, 2.45) is 0 Å². The molecule has 0 spiro atoms. The van der Waals surface area contributed by atoms with Crippen LogP contribution in [0.25, 0.3) is 0 Å². The van der Waals surface area contributed by atoms with E-state index in [0.29, 0.717) is 6.42 Å². The van der Waals surface area contributed by atoms with Crippen LogP contribution in [-0.2, 0) is 4.79 Å². The Balaban J connectivity index is 3.16. The molecule has 0 saturated carbocycles. The molecular weight excluding hydrogens is 314 g/mol. The highest BCUT2D eigenvalue weighted by Gasteiger charge is 1.99. The Morgan fingerprint density at radius 1 is 0.833 bits per heavy atom. The minimum Gasteiger partial charge on any atom is -0.355 e. The predicted molar refractivity (Wildman–Crippen MR) is 111 cm³/mol. The number of amides is 1. The van der Waals surface area contributed by atoms with E-state index < -0.39 is 0 Å². The van der Waals surface area contributed by atoms with Gasteiger partial charge in [0.1, 0.15) is 0 Å². The number of carbonyl (C=O) groups excluding carboxylic acids is 1. The molecular formula is C21H41NOS. The Hall–Kier alpha value is -0.440. The molecule has 0 aliphatic heterocycles. The van der Waals surface area contributed by atoms with Gasteiger partial charge < -0.3 is 5.32 Å². The third-order valence-electron chi connectivity index (χ3n) is 4.29. The molecule has 0 fully saturated rings. The summed E-state index contributed by atoms with van der Waals surface area (Å²) in [6.07, 6.45) is 24.4. The number of hydrogen-bond acceptors (Lipinski definition) is 2. The van der Waals surface area contributed by atoms with Crippen molar-refractivity contribution in [2.75, 3.05) is 18.6 Å². The summed E-state index contributed by atoms with van der Waals surface area (Å²) in [5.74, 6) is 1.24. The average molecular weight is 356 g/mol. The quantitative estimate of drug-likeness (QED) is 0.224. The van der Waals surface area contributed by atoms with Crippen LogP contribution in [0.2, 0.25) is 0 Å². The maximum Gasteiger partial charge on any atom is 0.220 e. The predicted octanol–water partition coefficient (Wildman–Crippen LogP) is 6.50. The minimum atomic E-state index is 0.224. The molecule has 0 aromatic heterocycles. The largest absolute Gasteiger partial charge is 0.355 e. The van der Waals surface area contributed by atoms with Gasteiger partial charge in [-0.3, -0.25) is 4.79 Å². The summed E-state index contributed by atoms with van der Waals surface area (Å²) in [6, 6.07) is 0. The van der Waals surface area contributed by atoms with E-state index in [1.54, 1.807) is 11.8 Å². The molecule has 0 aliphatic rings. The van der Waals surface area contributed by atoms with Crippen molar-refractivity contribution in [3.8, 4) is 0 Å². The summed E-state index contributed by atoms with van der Waals surface area (Å²) in [6.45, 7) is 3.08. The van der Waals surface area contributed by atoms with Crippen molar-refractivity contribution in [1.82, 2.24) is 5.32 Å². The molecule has 0 unspecified atom stereocenters. The molecule has 0 bridgehead atoms. The molecule has 0 rings (SSSR count). The van der Waals surface area contributed by atoms with Gasteiger partial charge in [-0.05, 0) is 38.4 Å². The normalized spacial score (nSPS) is 11.2. The molecule has 0 aliphatic carbocycles. The number of thioether (sulfide) groups is 1. The number of nitrogens with one attached hydrogen (secondary N) is 1. The van der Waals surface area contributed by atoms with Crippen molar-refractivity contribution in [3.63, 3.8) is 0 Å². The lowest BCUT2D eigenvalue weighted by Gasteiger charge is -2.04. The van der Waals surface area contributed by atoms with Gasteiger partial charge in [0.25, 0.3) is 0 Å². The fourth-order valence-corrected chi connectivity index (χ4v) is 3.04. The van der Waals surface area contributed by atoms with Crippen molar-refractivity contribution >= 4 is 17.7 Å². The SMILES string of the molecule is CCCCCCCC/C=C\CCCCCCCC(=O)NCCSC. The second-order valence-corrected chi connectivity index (χ2v) is 7.66. The number of allylic oxidation sites excluding steroid dienone is 2. The van der Waals surface area contributed by atoms with Crippen LogP contribution in [-0.4, -0.2) is 24.5 Å². The zero-order valence-electron chi connectivity index (χ0n) is 16.3. The van der Waals surface area contributed by atoms with Crippen LogP contribution >= 0.6 is 11.8 Å². The van der Waals surface area contributed by atoms with Crippen molar-refractivity contribution in [3.05, 3.63) is 12.2 Å². The Kier molecular flexibility index (Phi) is 20.2. The van der Waals surface area contributed by atoms with Gasteiger partial charge in [0.2, 0.25) is 5.91 Å². The van der Waals surface area contributed by atoms with E-state index >= 15 is 0 Å². The summed E-state index contributed by atoms with van der Waals surface area (Å²) in [7, 11) is 0. The highest BCUT2D eigenvalue weighted by atomic mass is 32.2. The smallest absolute Gasteiger partial charge is 0.220 e. The van der Waals surface area contributed by atoms with Crippen LogP contribution in [0, 0.1) is 0 Å². The van der Waals surface area contributed by atoms with E-state index in [-0.39, 0.29) is 5.91 Å². The summed E-state index contributed by atoms with van der Waals surface area (Å²) in [5.41, 5.74) is 0. The van der Waals surface area contributed by atoms with Crippen molar-refractivity contribution in [1.29, 1.82) is 0 Å². The Bertz CT molecular complexity index is 292. The Morgan fingerprint density at radius 2 is 1.38 bits per heavy atom. The molecule has 0 aromatic carbocycles. The third-order valence-corrected chi connectivity index (χ3v) is 4.91. The highest BCUT2D eigenvalue weighted by Crippen LogP contribution is 2.09. The molecule has 3 heteroatoms. The van der Waals surface area contributed by atoms with Gasteiger partial charge in [-0.1, -0.05) is 70.4 Å². The standard InChI is InChI=1S/C21H41NOS/c1-3-4-5-6-7-8-9-10-11-12-13-14-15-16-17-18-21(23)22-19-20-24-2/h10-11H,3-9,12-20H2,1-2H3,(H,22,23)/b11-10-. The minimum absolute atomic E-state index is 0.224. The summed E-state index contributed by atoms with van der Waals surface area (Å²) in [5, 5.41) is 2.96. The van der Waals surface area contributed by atoms with Gasteiger partial charge >= 0.3 is 0 Å². The molecule has 142 valence electrons. The molecule has 1 N–H and O–H groups in total. The first-order valence-electron chi connectivity index (χ1n) is 10.2. The lowest BCUT2D eigenvalue weighted by Crippen LogP contribution is -2.25. The highest BCUT2D eigenvalue weighted by molar-refractivity contribution is 7.98. The number of unbranched alkanes of at least 4 members (excludes halogenated alkanes) is 11. The zero-order chi connectivity index (χ0) is 17.7. The molecule has 24 heavy (non-hydrogen) atoms. The van der Waals surface area contributed by atoms with Gasteiger partial charge in [0.05, 0.1) is 0 Å². The van der Waals surface area contributed by atoms with E-state index in [1.807, 2.05) is 0 Å². The summed E-state index contributed by atoms with van der Waals surface area (Å²) in [4.78, 5) is 11.5. The molecule has 1 amide bonds. The lowest BCUT2D eigenvalue weighted by atomic mass is 10.1. The number of rotatable bonds is 18. The van der Waals surface area contributed by atoms with E-state index in [4.69, 9.17) is 0 Å². The van der Waals surface area contributed by atoms with Crippen LogP contribution in [0.4, 0.5) is 0 Å². The van der Waals surface area contributed by atoms with Gasteiger partial charge in [-0.15, -0.1) is 0 Å². The maximum atomic E-state index is 11.5. The Morgan fingerprint density at radius 3 is 1.96 bits per heavy atom. The second-order valence-electron chi connectivity index (χ2n) is 6.68. The first-order chi connectivity index (χ1) is 11.8. The van der Waals surface area contributed by atoms with E-state index in [9.17, 15) is 4.79 Å². The van der Waals surface area contributed by atoms with Crippen LogP contribution in [0.5, 0.6) is 0 Å². The van der Waals surface area contributed by atoms with E-state index in [2.05, 4.69) is 30.6 Å². The summed E-state index contributed by atoms with van der Waals surface area (Å²) >= 11 is 1.77. The van der Waals surface area contributed by atoms with Gasteiger partial charge in [-0.2, -0.15) is 11.8 Å². The maximum absolute atomic E-state index is 11.5. The first kappa shape index (κ1) is 23.6. The lowest BCUT2D eigenvalue weighted by molar-refractivity contribution is -0.121. The second kappa shape index (κ2) is 20.6. The van der Waals surface area contributed by atoms with Gasteiger partial charge in [0, 0.05) is 18.7 Å². The topological polar surface area (TPSA) is 29.1 Å². The third kappa shape index (κ3) is 19.6. The van der Waals surface area contributed by atoms with Gasteiger partial charge in [0.15, 0.2) is 0 Å². The van der Waals surface area contributed by atoms with E-state index in [1.165, 1.54) is 77.0 Å². The zero-order valence-corrected chi connectivity index (χ0v) is 17.1. The molecule has 0 radical (unpaired) electrons. The fourth-order valence-electron chi connectivity index (χ4n) is 2.74. The van der Waals surface area contributed by atoms with E-state index in [0.717, 1.165) is 18.7 Å². The number of hydrogen-bond donors (Lipinski definition) is 1.